The van der Waals surface area contributed by atoms with E-state index in [1.54, 1.807) is 0 Å². The molecule has 1 rings (SSSR count). The van der Waals surface area contributed by atoms with Crippen molar-refractivity contribution in [2.45, 2.75) is 11.3 Å². The molecule has 0 radical (unpaired) electrons. The van der Waals surface area contributed by atoms with Crippen molar-refractivity contribution in [2.24, 2.45) is 0 Å². The van der Waals surface area contributed by atoms with Gasteiger partial charge in [-0.1, -0.05) is 11.6 Å². The third kappa shape index (κ3) is 2.79. The topological polar surface area (TPSA) is 90.2 Å². The molecule has 0 aliphatic carbocycles. The van der Waals surface area contributed by atoms with Crippen molar-refractivity contribution in [3.63, 3.8) is 0 Å². The fraction of sp³-hybridized carbons (Fsp3) is 0.167. The largest absolute Gasteiger partial charge is 0.383 e. The Morgan fingerprint density at radius 2 is 2.00 bits per heavy atom. The zero-order valence-corrected chi connectivity index (χ0v) is 9.93. The van der Waals surface area contributed by atoms with E-state index in [1.165, 1.54) is 0 Å². The van der Waals surface area contributed by atoms with Crippen LogP contribution in [0.15, 0.2) is 11.1 Å². The van der Waals surface area contributed by atoms with Gasteiger partial charge in [0.05, 0.1) is 5.56 Å². The Balaban J connectivity index is 3.72. The van der Waals surface area contributed by atoms with Gasteiger partial charge in [-0.05, 0) is 9.91 Å². The standard InChI is InChI=1S/C6H2Cl2F2N2O4S/c7-3-4(17(8,15)16)2(5(9)10)1-11-6(3)12(13)14/h1,5H. The van der Waals surface area contributed by atoms with Gasteiger partial charge in [-0.2, -0.15) is 0 Å². The molecule has 17 heavy (non-hydrogen) atoms. The smallest absolute Gasteiger partial charge is 0.358 e. The lowest BCUT2D eigenvalue weighted by molar-refractivity contribution is -0.389. The maximum Gasteiger partial charge on any atom is 0.383 e. The minimum absolute atomic E-state index is 0.351. The van der Waals surface area contributed by atoms with Crippen LogP contribution in [0.25, 0.3) is 0 Å². The summed E-state index contributed by atoms with van der Waals surface area (Å²) in [6.07, 6.45) is -2.88. The molecule has 11 heteroatoms. The molecule has 0 amide bonds. The minimum Gasteiger partial charge on any atom is -0.358 e. The first kappa shape index (κ1) is 14.0. The molecular formula is C6H2Cl2F2N2O4S. The quantitative estimate of drug-likeness (QED) is 0.486. The van der Waals surface area contributed by atoms with E-state index in [-0.39, 0.29) is 0 Å². The summed E-state index contributed by atoms with van der Waals surface area (Å²) >= 11 is 5.34. The molecule has 1 heterocycles. The number of nitrogens with zero attached hydrogens (tertiary/aromatic N) is 2. The Hall–Kier alpha value is -1.06. The number of rotatable bonds is 3. The van der Waals surface area contributed by atoms with Crippen molar-refractivity contribution in [1.29, 1.82) is 0 Å². The van der Waals surface area contributed by atoms with Crippen molar-refractivity contribution < 1.29 is 22.1 Å². The first-order valence-electron chi connectivity index (χ1n) is 3.72. The zero-order valence-electron chi connectivity index (χ0n) is 7.60. The van der Waals surface area contributed by atoms with Gasteiger partial charge in [0.25, 0.3) is 15.5 Å². The van der Waals surface area contributed by atoms with Crippen LogP contribution in [0, 0.1) is 10.1 Å². The molecule has 0 bridgehead atoms. The summed E-state index contributed by atoms with van der Waals surface area (Å²) in [4.78, 5) is 11.1. The van der Waals surface area contributed by atoms with E-state index in [0.717, 1.165) is 0 Å². The van der Waals surface area contributed by atoms with Gasteiger partial charge in [0.1, 0.15) is 4.90 Å². The normalized spacial score (nSPS) is 11.8. The lowest BCUT2D eigenvalue weighted by atomic mass is 10.3. The maximum absolute atomic E-state index is 12.5. The van der Waals surface area contributed by atoms with E-state index in [1.807, 2.05) is 0 Å². The molecule has 0 aromatic carbocycles. The Bertz CT molecular complexity index is 578. The number of hydrogen-bond acceptors (Lipinski definition) is 5. The first-order valence-corrected chi connectivity index (χ1v) is 6.40. The van der Waals surface area contributed by atoms with Crippen LogP contribution in [0.3, 0.4) is 0 Å². The molecule has 0 atom stereocenters. The number of alkyl halides is 2. The Labute approximate surface area is 103 Å². The van der Waals surface area contributed by atoms with Crippen LogP contribution < -0.4 is 0 Å². The monoisotopic (exact) mass is 306 g/mol. The van der Waals surface area contributed by atoms with E-state index in [0.29, 0.717) is 6.20 Å². The molecule has 94 valence electrons. The number of hydrogen-bond donors (Lipinski definition) is 0. The van der Waals surface area contributed by atoms with Gasteiger partial charge in [0.2, 0.25) is 0 Å². The lowest BCUT2D eigenvalue weighted by Crippen LogP contribution is -2.04. The van der Waals surface area contributed by atoms with Crippen LogP contribution in [0.2, 0.25) is 5.02 Å². The highest BCUT2D eigenvalue weighted by Gasteiger charge is 2.32. The molecule has 0 unspecified atom stereocenters. The molecule has 0 saturated heterocycles. The van der Waals surface area contributed by atoms with Crippen LogP contribution in [0.4, 0.5) is 14.6 Å². The van der Waals surface area contributed by atoms with Gasteiger partial charge in [-0.25, -0.2) is 17.2 Å². The molecule has 0 N–H and O–H groups in total. The van der Waals surface area contributed by atoms with Crippen LogP contribution in [-0.4, -0.2) is 18.3 Å². The fourth-order valence-corrected chi connectivity index (χ4v) is 2.88. The van der Waals surface area contributed by atoms with Crippen LogP contribution in [0.1, 0.15) is 12.0 Å². The second-order valence-electron chi connectivity index (χ2n) is 2.68. The second-order valence-corrected chi connectivity index (χ2v) is 5.56. The van der Waals surface area contributed by atoms with Gasteiger partial charge < -0.3 is 10.1 Å². The summed E-state index contributed by atoms with van der Waals surface area (Å²) < 4.78 is 47.1. The zero-order chi connectivity index (χ0) is 13.4. The predicted octanol–water partition coefficient (Wildman–Crippen LogP) is 2.51. The van der Waals surface area contributed by atoms with Gasteiger partial charge in [-0.3, -0.25) is 0 Å². The number of halogens is 4. The number of nitro groups is 1. The molecule has 1 aromatic heterocycles. The van der Waals surface area contributed by atoms with E-state index in [9.17, 15) is 27.3 Å². The number of pyridine rings is 1. The molecule has 1 aromatic rings. The highest BCUT2D eigenvalue weighted by atomic mass is 35.7. The van der Waals surface area contributed by atoms with E-state index in [2.05, 4.69) is 4.98 Å². The Morgan fingerprint density at radius 3 is 2.35 bits per heavy atom. The first-order chi connectivity index (χ1) is 7.66. The number of aromatic nitrogens is 1. The van der Waals surface area contributed by atoms with E-state index >= 15 is 0 Å². The van der Waals surface area contributed by atoms with Gasteiger partial charge >= 0.3 is 5.82 Å². The van der Waals surface area contributed by atoms with Crippen LogP contribution in [-0.2, 0) is 9.05 Å². The van der Waals surface area contributed by atoms with Crippen LogP contribution in [0.5, 0.6) is 0 Å². The second kappa shape index (κ2) is 4.67. The molecule has 0 aliphatic heterocycles. The van der Waals surface area contributed by atoms with Gasteiger partial charge in [0, 0.05) is 10.7 Å². The summed E-state index contributed by atoms with van der Waals surface area (Å²) in [5.74, 6) is -1.06. The molecule has 6 nitrogen and oxygen atoms in total. The Kier molecular flexibility index (Phi) is 3.84. The molecule has 0 saturated carbocycles. The van der Waals surface area contributed by atoms with Crippen LogP contribution >= 0.6 is 22.3 Å². The third-order valence-electron chi connectivity index (χ3n) is 1.64. The van der Waals surface area contributed by atoms with E-state index < -0.39 is 41.7 Å². The summed E-state index contributed by atoms with van der Waals surface area (Å²) in [7, 11) is 0.244. The van der Waals surface area contributed by atoms with E-state index in [4.69, 9.17) is 22.3 Å². The third-order valence-corrected chi connectivity index (χ3v) is 3.50. The lowest BCUT2D eigenvalue weighted by Gasteiger charge is -2.05. The van der Waals surface area contributed by atoms with Crippen molar-refractivity contribution in [3.05, 3.63) is 26.9 Å². The Morgan fingerprint density at radius 1 is 1.47 bits per heavy atom. The van der Waals surface area contributed by atoms with Crippen molar-refractivity contribution in [2.75, 3.05) is 0 Å². The average Bonchev–Trinajstić information content (AvgIpc) is 2.14. The summed E-state index contributed by atoms with van der Waals surface area (Å²) in [5, 5.41) is 9.38. The molecule has 0 aliphatic rings. The van der Waals surface area contributed by atoms with Gasteiger partial charge in [-0.15, -0.1) is 0 Å². The van der Waals surface area contributed by atoms with Crippen molar-refractivity contribution >= 4 is 37.2 Å². The summed E-state index contributed by atoms with van der Waals surface area (Å²) in [6, 6.07) is 0. The van der Waals surface area contributed by atoms with Crippen molar-refractivity contribution in [1.82, 2.24) is 4.98 Å². The average molecular weight is 307 g/mol. The molecular weight excluding hydrogens is 305 g/mol. The maximum atomic E-state index is 12.5. The fourth-order valence-electron chi connectivity index (χ4n) is 1.00. The predicted molar refractivity (Wildman–Crippen MR) is 53.9 cm³/mol. The van der Waals surface area contributed by atoms with Gasteiger partial charge in [0.15, 0.2) is 11.2 Å². The molecule has 0 fully saturated rings. The SMILES string of the molecule is O=[N+]([O-])c1ncc(C(F)F)c(S(=O)(=O)Cl)c1Cl. The van der Waals surface area contributed by atoms with Crippen molar-refractivity contribution in [3.8, 4) is 0 Å². The highest BCUT2D eigenvalue weighted by Crippen LogP contribution is 2.37. The highest BCUT2D eigenvalue weighted by molar-refractivity contribution is 8.13. The summed E-state index contributed by atoms with van der Waals surface area (Å²) in [5.41, 5.74) is -1.09. The minimum atomic E-state index is -4.65. The molecule has 0 spiro atoms. The summed E-state index contributed by atoms with van der Waals surface area (Å²) in [6.45, 7) is 0.